The molecule has 4 heteroatoms. The summed E-state index contributed by atoms with van der Waals surface area (Å²) >= 11 is 0. The minimum absolute atomic E-state index is 0.994. The van der Waals surface area contributed by atoms with Crippen LogP contribution in [-0.2, 0) is 4.84 Å². The van der Waals surface area contributed by atoms with E-state index in [9.17, 15) is 0 Å². The van der Waals surface area contributed by atoms with Gasteiger partial charge >= 0.3 is 0 Å². The van der Waals surface area contributed by atoms with Crippen LogP contribution < -0.4 is 10.6 Å². The Balaban J connectivity index is 2.23. The zero-order valence-corrected chi connectivity index (χ0v) is 5.77. The summed E-state index contributed by atoms with van der Waals surface area (Å²) in [5.41, 5.74) is 3.66. The number of aromatic nitrogens is 1. The number of nitrogens with zero attached hydrogens (tertiary/aromatic N) is 2. The smallest absolute Gasteiger partial charge is 0.131 e. The first-order valence-electron chi connectivity index (χ1n) is 3.24. The number of pyridine rings is 1. The van der Waals surface area contributed by atoms with Gasteiger partial charge in [-0.25, -0.2) is 5.01 Å². The van der Waals surface area contributed by atoms with E-state index < -0.39 is 0 Å². The summed E-state index contributed by atoms with van der Waals surface area (Å²) in [6, 6.07) is 3.76. The lowest BCUT2D eigenvalue weighted by Gasteiger charge is -2.12. The van der Waals surface area contributed by atoms with Gasteiger partial charge in [0.05, 0.1) is 11.9 Å². The highest BCUT2D eigenvalue weighted by molar-refractivity contribution is 5.46. The Morgan fingerprint density at radius 3 is 2.82 bits per heavy atom. The Bertz CT molecular complexity index is 260. The summed E-state index contributed by atoms with van der Waals surface area (Å²) in [4.78, 5) is 8.68. The SMILES string of the molecule is C1=CN(c2ccncc2)NO1. The molecular formula is C7H7N3O. The predicted octanol–water partition coefficient (Wildman–Crippen LogP) is 0.809. The van der Waals surface area contributed by atoms with Gasteiger partial charge in [0, 0.05) is 12.4 Å². The molecule has 2 heterocycles. The lowest BCUT2D eigenvalue weighted by Crippen LogP contribution is -2.26. The minimum Gasteiger partial charge on any atom is -0.395 e. The standard InChI is InChI=1S/C7H7N3O/c1-3-8-4-2-7(1)10-5-6-11-9-10/h1-6,9H. The lowest BCUT2D eigenvalue weighted by atomic mass is 10.4. The van der Waals surface area contributed by atoms with Crippen LogP contribution in [0.15, 0.2) is 37.0 Å². The number of anilines is 1. The third kappa shape index (κ3) is 1.15. The summed E-state index contributed by atoms with van der Waals surface area (Å²) in [7, 11) is 0. The van der Waals surface area contributed by atoms with E-state index >= 15 is 0 Å². The highest BCUT2D eigenvalue weighted by Crippen LogP contribution is 2.11. The molecule has 2 rings (SSSR count). The minimum atomic E-state index is 0.994. The zero-order valence-electron chi connectivity index (χ0n) is 5.77. The van der Waals surface area contributed by atoms with Crippen LogP contribution in [0.3, 0.4) is 0 Å². The third-order valence-electron chi connectivity index (χ3n) is 1.37. The van der Waals surface area contributed by atoms with Crippen molar-refractivity contribution in [2.45, 2.75) is 0 Å². The maximum absolute atomic E-state index is 4.79. The Morgan fingerprint density at radius 2 is 2.18 bits per heavy atom. The number of hydrazine groups is 1. The van der Waals surface area contributed by atoms with Crippen molar-refractivity contribution < 1.29 is 4.84 Å². The van der Waals surface area contributed by atoms with Gasteiger partial charge in [0.2, 0.25) is 0 Å². The number of nitrogens with one attached hydrogen (secondary N) is 1. The fraction of sp³-hybridized carbons (Fsp3) is 0. The molecule has 0 radical (unpaired) electrons. The molecule has 0 saturated heterocycles. The highest BCUT2D eigenvalue weighted by atomic mass is 16.7. The number of rotatable bonds is 1. The normalized spacial score (nSPS) is 15.1. The molecule has 11 heavy (non-hydrogen) atoms. The molecule has 0 amide bonds. The average molecular weight is 149 g/mol. The Labute approximate surface area is 64.0 Å². The molecule has 0 spiro atoms. The van der Waals surface area contributed by atoms with E-state index in [1.165, 1.54) is 0 Å². The van der Waals surface area contributed by atoms with Gasteiger partial charge in [-0.3, -0.25) is 4.98 Å². The van der Waals surface area contributed by atoms with Crippen LogP contribution in [-0.4, -0.2) is 4.98 Å². The van der Waals surface area contributed by atoms with Crippen LogP contribution in [0.25, 0.3) is 0 Å². The van der Waals surface area contributed by atoms with Gasteiger partial charge in [0.25, 0.3) is 0 Å². The molecule has 1 aromatic rings. The maximum Gasteiger partial charge on any atom is 0.131 e. The quantitative estimate of drug-likeness (QED) is 0.641. The van der Waals surface area contributed by atoms with Crippen molar-refractivity contribution in [3.05, 3.63) is 37.0 Å². The fourth-order valence-corrected chi connectivity index (χ4v) is 0.852. The Morgan fingerprint density at radius 1 is 1.36 bits per heavy atom. The molecule has 1 aliphatic heterocycles. The highest BCUT2D eigenvalue weighted by Gasteiger charge is 2.05. The van der Waals surface area contributed by atoms with E-state index in [0.717, 1.165) is 5.69 Å². The largest absolute Gasteiger partial charge is 0.395 e. The maximum atomic E-state index is 4.79. The van der Waals surface area contributed by atoms with E-state index in [-0.39, 0.29) is 0 Å². The van der Waals surface area contributed by atoms with Crippen LogP contribution in [0.1, 0.15) is 0 Å². The van der Waals surface area contributed by atoms with Gasteiger partial charge in [-0.1, -0.05) is 5.59 Å². The van der Waals surface area contributed by atoms with Gasteiger partial charge in [-0.05, 0) is 12.1 Å². The molecule has 4 nitrogen and oxygen atoms in total. The number of hydrogen-bond acceptors (Lipinski definition) is 4. The summed E-state index contributed by atoms with van der Waals surface area (Å²) < 4.78 is 0. The van der Waals surface area contributed by atoms with Crippen LogP contribution in [0.5, 0.6) is 0 Å². The second-order valence-electron chi connectivity index (χ2n) is 2.07. The van der Waals surface area contributed by atoms with E-state index in [1.807, 2.05) is 12.1 Å². The van der Waals surface area contributed by atoms with Crippen molar-refractivity contribution in [3.63, 3.8) is 0 Å². The molecular weight excluding hydrogens is 142 g/mol. The number of hydrogen-bond donors (Lipinski definition) is 1. The van der Waals surface area contributed by atoms with Crippen molar-refractivity contribution in [2.75, 3.05) is 5.01 Å². The van der Waals surface area contributed by atoms with E-state index in [1.54, 1.807) is 29.9 Å². The van der Waals surface area contributed by atoms with Crippen molar-refractivity contribution in [3.8, 4) is 0 Å². The fourth-order valence-electron chi connectivity index (χ4n) is 0.852. The van der Waals surface area contributed by atoms with E-state index in [2.05, 4.69) is 10.6 Å². The van der Waals surface area contributed by atoms with Crippen molar-refractivity contribution in [2.24, 2.45) is 0 Å². The Hall–Kier alpha value is -1.55. The molecule has 0 bridgehead atoms. The molecule has 1 aliphatic rings. The van der Waals surface area contributed by atoms with Crippen LogP contribution in [0, 0.1) is 0 Å². The summed E-state index contributed by atoms with van der Waals surface area (Å²) in [5.74, 6) is 0. The summed E-state index contributed by atoms with van der Waals surface area (Å²) in [6.07, 6.45) is 6.81. The lowest BCUT2D eigenvalue weighted by molar-refractivity contribution is 0.159. The van der Waals surface area contributed by atoms with Gasteiger partial charge in [0.1, 0.15) is 6.26 Å². The summed E-state index contributed by atoms with van der Waals surface area (Å²) in [6.45, 7) is 0. The first-order valence-corrected chi connectivity index (χ1v) is 3.24. The average Bonchev–Trinajstić information content (AvgIpc) is 2.58. The van der Waals surface area contributed by atoms with Crippen molar-refractivity contribution >= 4 is 5.69 Å². The predicted molar refractivity (Wildman–Crippen MR) is 40.1 cm³/mol. The third-order valence-corrected chi connectivity index (χ3v) is 1.37. The second kappa shape index (κ2) is 2.59. The molecule has 0 atom stereocenters. The van der Waals surface area contributed by atoms with Crippen LogP contribution >= 0.6 is 0 Å². The molecule has 0 aromatic carbocycles. The van der Waals surface area contributed by atoms with Crippen LogP contribution in [0.2, 0.25) is 0 Å². The zero-order chi connectivity index (χ0) is 7.52. The molecule has 0 aliphatic carbocycles. The molecule has 0 saturated carbocycles. The van der Waals surface area contributed by atoms with Gasteiger partial charge < -0.3 is 4.84 Å². The van der Waals surface area contributed by atoms with Gasteiger partial charge in [-0.15, -0.1) is 0 Å². The first kappa shape index (κ1) is 6.18. The van der Waals surface area contributed by atoms with Gasteiger partial charge in [-0.2, -0.15) is 0 Å². The molecule has 0 fully saturated rings. The molecule has 0 unspecified atom stereocenters. The second-order valence-corrected chi connectivity index (χ2v) is 2.07. The van der Waals surface area contributed by atoms with Crippen LogP contribution in [0.4, 0.5) is 5.69 Å². The Kier molecular flexibility index (Phi) is 1.46. The van der Waals surface area contributed by atoms with E-state index in [0.29, 0.717) is 0 Å². The summed E-state index contributed by atoms with van der Waals surface area (Å²) in [5, 5.41) is 1.75. The molecule has 56 valence electrons. The molecule has 1 N–H and O–H groups in total. The monoisotopic (exact) mass is 149 g/mol. The van der Waals surface area contributed by atoms with Crippen molar-refractivity contribution in [1.29, 1.82) is 0 Å². The topological polar surface area (TPSA) is 37.4 Å². The first-order chi connectivity index (χ1) is 5.47. The molecule has 1 aromatic heterocycles. The van der Waals surface area contributed by atoms with Gasteiger partial charge in [0.15, 0.2) is 0 Å². The van der Waals surface area contributed by atoms with Crippen molar-refractivity contribution in [1.82, 2.24) is 10.6 Å². The van der Waals surface area contributed by atoms with E-state index in [4.69, 9.17) is 4.84 Å².